The summed E-state index contributed by atoms with van der Waals surface area (Å²) in [5.74, 6) is 0.882. The Bertz CT molecular complexity index is 587. The highest BCUT2D eigenvalue weighted by Gasteiger charge is 2.16. The van der Waals surface area contributed by atoms with E-state index in [1.807, 2.05) is 52.1 Å². The van der Waals surface area contributed by atoms with Gasteiger partial charge in [-0.05, 0) is 52.1 Å². The first-order valence-corrected chi connectivity index (χ1v) is 8.34. The van der Waals surface area contributed by atoms with Crippen molar-refractivity contribution in [3.05, 3.63) is 35.3 Å². The number of ether oxygens (including phenoxy) is 1. The number of rotatable bonds is 7. The normalized spacial score (nSPS) is 11.9. The van der Waals surface area contributed by atoms with Gasteiger partial charge in [-0.25, -0.2) is 4.98 Å². The molecule has 120 valence electrons. The van der Waals surface area contributed by atoms with E-state index >= 15 is 0 Å². The molecule has 0 amide bonds. The summed E-state index contributed by atoms with van der Waals surface area (Å²) >= 11 is 1.64. The molecule has 0 fully saturated rings. The minimum atomic E-state index is -0.692. The highest BCUT2D eigenvalue weighted by Crippen LogP contribution is 2.26. The minimum absolute atomic E-state index is 0.614. The molecule has 2 rings (SSSR count). The van der Waals surface area contributed by atoms with Gasteiger partial charge in [-0.1, -0.05) is 0 Å². The molecule has 0 saturated heterocycles. The third-order valence-corrected chi connectivity index (χ3v) is 3.99. The van der Waals surface area contributed by atoms with Crippen LogP contribution in [0.15, 0.2) is 29.6 Å². The summed E-state index contributed by atoms with van der Waals surface area (Å²) in [6, 6.07) is 8.02. The summed E-state index contributed by atoms with van der Waals surface area (Å²) in [4.78, 5) is 6.76. The van der Waals surface area contributed by atoms with Crippen molar-refractivity contribution in [3.8, 4) is 16.3 Å². The zero-order valence-electron chi connectivity index (χ0n) is 13.7. The second-order valence-corrected chi connectivity index (χ2v) is 6.94. The fourth-order valence-electron chi connectivity index (χ4n) is 2.37. The Morgan fingerprint density at radius 1 is 1.27 bits per heavy atom. The van der Waals surface area contributed by atoms with Crippen LogP contribution in [0.2, 0.25) is 0 Å². The fourth-order valence-corrected chi connectivity index (χ4v) is 3.18. The van der Waals surface area contributed by atoms with E-state index in [2.05, 4.69) is 15.3 Å². The third kappa shape index (κ3) is 5.09. The molecule has 0 aliphatic heterocycles. The van der Waals surface area contributed by atoms with Crippen LogP contribution in [0, 0.1) is 0 Å². The molecule has 0 unspecified atom stereocenters. The molecular formula is C17H24N2O2S. The first-order chi connectivity index (χ1) is 10.4. The summed E-state index contributed by atoms with van der Waals surface area (Å²) < 4.78 is 5.45. The number of hydrogen-bond acceptors (Lipinski definition) is 5. The number of aromatic nitrogens is 1. The number of aliphatic hydroxyl groups is 1. The van der Waals surface area contributed by atoms with Crippen molar-refractivity contribution in [1.82, 2.24) is 9.88 Å². The predicted molar refractivity (Wildman–Crippen MR) is 91.4 cm³/mol. The topological polar surface area (TPSA) is 45.6 Å². The molecule has 1 heterocycles. The molecule has 1 N–H and O–H groups in total. The monoisotopic (exact) mass is 320 g/mol. The lowest BCUT2D eigenvalue weighted by Crippen LogP contribution is -2.35. The summed E-state index contributed by atoms with van der Waals surface area (Å²) in [6.45, 7) is 7.63. The van der Waals surface area contributed by atoms with Crippen LogP contribution in [0.25, 0.3) is 10.6 Å². The van der Waals surface area contributed by atoms with Crippen LogP contribution in [0.1, 0.15) is 26.5 Å². The van der Waals surface area contributed by atoms with Gasteiger partial charge in [0.25, 0.3) is 0 Å². The number of thiazole rings is 1. The van der Waals surface area contributed by atoms with E-state index in [9.17, 15) is 5.11 Å². The predicted octanol–water partition coefficient (Wildman–Crippen LogP) is 3.41. The molecule has 0 bridgehead atoms. The number of nitrogens with zero attached hydrogens (tertiary/aromatic N) is 2. The average Bonchev–Trinajstić information content (AvgIpc) is 2.86. The van der Waals surface area contributed by atoms with Crippen molar-refractivity contribution >= 4 is 11.3 Å². The van der Waals surface area contributed by atoms with Crippen LogP contribution < -0.4 is 4.74 Å². The van der Waals surface area contributed by atoms with Crippen LogP contribution in [0.3, 0.4) is 0 Å². The van der Waals surface area contributed by atoms with E-state index in [4.69, 9.17) is 4.74 Å². The van der Waals surface area contributed by atoms with Gasteiger partial charge in [-0.15, -0.1) is 11.3 Å². The van der Waals surface area contributed by atoms with E-state index in [1.54, 1.807) is 11.3 Å². The number of likely N-dealkylation sites (N-methyl/N-ethyl adjacent to an activating group) is 1. The quantitative estimate of drug-likeness (QED) is 0.849. The van der Waals surface area contributed by atoms with Gasteiger partial charge >= 0.3 is 0 Å². The second-order valence-electron chi connectivity index (χ2n) is 6.09. The van der Waals surface area contributed by atoms with Crippen LogP contribution in [-0.4, -0.2) is 40.8 Å². The van der Waals surface area contributed by atoms with Crippen molar-refractivity contribution in [2.45, 2.75) is 32.9 Å². The molecule has 1 aromatic heterocycles. The summed E-state index contributed by atoms with van der Waals surface area (Å²) in [5.41, 5.74) is 1.44. The van der Waals surface area contributed by atoms with Gasteiger partial charge in [0.05, 0.1) is 17.9 Å². The molecule has 0 aliphatic rings. The average molecular weight is 320 g/mol. The lowest BCUT2D eigenvalue weighted by Gasteiger charge is -2.24. The van der Waals surface area contributed by atoms with Gasteiger partial charge in [-0.2, -0.15) is 0 Å². The first kappa shape index (κ1) is 16.9. The summed E-state index contributed by atoms with van der Waals surface area (Å²) in [7, 11) is 1.99. The van der Waals surface area contributed by atoms with E-state index in [1.165, 1.54) is 0 Å². The maximum atomic E-state index is 9.85. The molecule has 0 aliphatic carbocycles. The zero-order chi connectivity index (χ0) is 16.2. The van der Waals surface area contributed by atoms with Crippen molar-refractivity contribution in [3.63, 3.8) is 0 Å². The SMILES string of the molecule is CCOc1ccc(-c2nc(CN(C)CC(C)(C)O)cs2)cc1. The van der Waals surface area contributed by atoms with Gasteiger partial charge in [0, 0.05) is 24.0 Å². The van der Waals surface area contributed by atoms with Gasteiger partial charge in [-0.3, -0.25) is 4.90 Å². The third-order valence-electron chi connectivity index (χ3n) is 3.05. The summed E-state index contributed by atoms with van der Waals surface area (Å²) in [5, 5.41) is 12.9. The Balaban J connectivity index is 2.01. The van der Waals surface area contributed by atoms with Crippen LogP contribution >= 0.6 is 11.3 Å². The first-order valence-electron chi connectivity index (χ1n) is 7.46. The molecule has 0 atom stereocenters. The Hall–Kier alpha value is -1.43. The van der Waals surface area contributed by atoms with Crippen molar-refractivity contribution in [1.29, 1.82) is 0 Å². The van der Waals surface area contributed by atoms with Crippen molar-refractivity contribution in [2.75, 3.05) is 20.2 Å². The molecule has 0 spiro atoms. The van der Waals surface area contributed by atoms with E-state index in [0.717, 1.165) is 28.6 Å². The van der Waals surface area contributed by atoms with Gasteiger partial charge < -0.3 is 9.84 Å². The number of benzene rings is 1. The molecule has 0 saturated carbocycles. The van der Waals surface area contributed by atoms with Crippen LogP contribution in [0.5, 0.6) is 5.75 Å². The van der Waals surface area contributed by atoms with E-state index in [0.29, 0.717) is 13.2 Å². The lowest BCUT2D eigenvalue weighted by molar-refractivity contribution is 0.0422. The molecule has 5 heteroatoms. The van der Waals surface area contributed by atoms with Gasteiger partial charge in [0.2, 0.25) is 0 Å². The van der Waals surface area contributed by atoms with Gasteiger partial charge in [0.15, 0.2) is 0 Å². The maximum Gasteiger partial charge on any atom is 0.123 e. The Morgan fingerprint density at radius 2 is 1.95 bits per heavy atom. The minimum Gasteiger partial charge on any atom is -0.494 e. The molecule has 2 aromatic rings. The fraction of sp³-hybridized carbons (Fsp3) is 0.471. The Kier molecular flexibility index (Phi) is 5.56. The van der Waals surface area contributed by atoms with Crippen LogP contribution in [0.4, 0.5) is 0 Å². The Labute approximate surface area is 136 Å². The molecular weight excluding hydrogens is 296 g/mol. The molecule has 22 heavy (non-hydrogen) atoms. The van der Waals surface area contributed by atoms with Crippen LogP contribution in [-0.2, 0) is 6.54 Å². The van der Waals surface area contributed by atoms with Crippen molar-refractivity contribution in [2.24, 2.45) is 0 Å². The number of hydrogen-bond donors (Lipinski definition) is 1. The van der Waals surface area contributed by atoms with E-state index in [-0.39, 0.29) is 0 Å². The summed E-state index contributed by atoms with van der Waals surface area (Å²) in [6.07, 6.45) is 0. The Morgan fingerprint density at radius 3 is 2.55 bits per heavy atom. The van der Waals surface area contributed by atoms with Crippen molar-refractivity contribution < 1.29 is 9.84 Å². The van der Waals surface area contributed by atoms with Gasteiger partial charge in [0.1, 0.15) is 10.8 Å². The molecule has 0 radical (unpaired) electrons. The zero-order valence-corrected chi connectivity index (χ0v) is 14.5. The maximum absolute atomic E-state index is 9.85. The van der Waals surface area contributed by atoms with E-state index < -0.39 is 5.60 Å². The molecule has 4 nitrogen and oxygen atoms in total. The highest BCUT2D eigenvalue weighted by atomic mass is 32.1. The smallest absolute Gasteiger partial charge is 0.123 e. The largest absolute Gasteiger partial charge is 0.494 e. The molecule has 1 aromatic carbocycles. The highest BCUT2D eigenvalue weighted by molar-refractivity contribution is 7.13. The standard InChI is InChI=1S/C17H24N2O2S/c1-5-21-15-8-6-13(7-9-15)16-18-14(11-22-16)10-19(4)12-17(2,3)20/h6-9,11,20H,5,10,12H2,1-4H3. The second kappa shape index (κ2) is 7.22. The lowest BCUT2D eigenvalue weighted by atomic mass is 10.1.